The van der Waals surface area contributed by atoms with Crippen molar-refractivity contribution in [2.24, 2.45) is 0 Å². The molecule has 34 heavy (non-hydrogen) atoms. The number of carbonyl (C=O) groups is 1. The Morgan fingerprint density at radius 3 is 2.62 bits per heavy atom. The Morgan fingerprint density at radius 1 is 1.12 bits per heavy atom. The second-order valence-corrected chi connectivity index (χ2v) is 9.54. The molecule has 0 aliphatic carbocycles. The number of sulfonamides is 1. The Morgan fingerprint density at radius 2 is 1.91 bits per heavy atom. The van der Waals surface area contributed by atoms with Crippen molar-refractivity contribution >= 4 is 38.1 Å². The summed E-state index contributed by atoms with van der Waals surface area (Å²) in [6.07, 6.45) is 1.49. The van der Waals surface area contributed by atoms with E-state index in [1.54, 1.807) is 36.8 Å². The first-order valence-corrected chi connectivity index (χ1v) is 12.3. The molecule has 0 spiro atoms. The normalized spacial score (nSPS) is 11.1. The third-order valence-corrected chi connectivity index (χ3v) is 6.80. The van der Waals surface area contributed by atoms with Crippen LogP contribution in [0.1, 0.15) is 0 Å². The van der Waals surface area contributed by atoms with Gasteiger partial charge in [-0.2, -0.15) is 5.10 Å². The maximum absolute atomic E-state index is 12.5. The molecule has 4 aromatic rings. The quantitative estimate of drug-likeness (QED) is 0.382. The molecule has 12 heteroatoms. The summed E-state index contributed by atoms with van der Waals surface area (Å²) < 4.78 is 33.5. The molecule has 174 valence electrons. The summed E-state index contributed by atoms with van der Waals surface area (Å²) in [5.41, 5.74) is 1.18. The molecule has 0 aliphatic rings. The standard InChI is InChI=1S/C22H19N5O5S2/c1-32-17-4-2-3-15(13-17)19-9-10-21(29)27(25-19)14-20(28)24-16-5-7-18(8-6-16)34(30,31)26-22-23-11-12-33-22/h2-13H,14H2,1H3,(H,23,26)(H,24,28). The molecule has 2 aromatic heterocycles. The number of hydrogen-bond donors (Lipinski definition) is 2. The lowest BCUT2D eigenvalue weighted by molar-refractivity contribution is -0.117. The van der Waals surface area contributed by atoms with Crippen molar-refractivity contribution in [3.8, 4) is 17.0 Å². The van der Waals surface area contributed by atoms with E-state index in [-0.39, 0.29) is 16.6 Å². The molecule has 0 bridgehead atoms. The first-order chi connectivity index (χ1) is 16.3. The van der Waals surface area contributed by atoms with Gasteiger partial charge in [0.05, 0.1) is 17.7 Å². The molecule has 2 heterocycles. The zero-order valence-electron chi connectivity index (χ0n) is 17.8. The Balaban J connectivity index is 1.45. The third kappa shape index (κ3) is 5.47. The Hall–Kier alpha value is -4.03. The lowest BCUT2D eigenvalue weighted by atomic mass is 10.1. The highest BCUT2D eigenvalue weighted by atomic mass is 32.2. The summed E-state index contributed by atoms with van der Waals surface area (Å²) in [5, 5.41) is 8.82. The molecule has 0 fully saturated rings. The zero-order valence-corrected chi connectivity index (χ0v) is 19.5. The molecule has 10 nitrogen and oxygen atoms in total. The lowest BCUT2D eigenvalue weighted by Crippen LogP contribution is -2.29. The second-order valence-electron chi connectivity index (χ2n) is 6.96. The molecule has 0 unspecified atom stereocenters. The van der Waals surface area contributed by atoms with Crippen LogP contribution in [-0.2, 0) is 21.4 Å². The van der Waals surface area contributed by atoms with Crippen LogP contribution in [0.25, 0.3) is 11.3 Å². The smallest absolute Gasteiger partial charge is 0.267 e. The first-order valence-electron chi connectivity index (χ1n) is 9.89. The molecule has 0 atom stereocenters. The van der Waals surface area contributed by atoms with Gasteiger partial charge in [0.15, 0.2) is 5.13 Å². The zero-order chi connectivity index (χ0) is 24.1. The van der Waals surface area contributed by atoms with Gasteiger partial charge in [-0.1, -0.05) is 12.1 Å². The fourth-order valence-corrected chi connectivity index (χ4v) is 4.79. The van der Waals surface area contributed by atoms with Gasteiger partial charge in [0.25, 0.3) is 15.6 Å². The molecule has 0 radical (unpaired) electrons. The van der Waals surface area contributed by atoms with E-state index in [4.69, 9.17) is 4.74 Å². The molecular weight excluding hydrogens is 478 g/mol. The molecule has 2 N–H and O–H groups in total. The highest BCUT2D eigenvalue weighted by Gasteiger charge is 2.16. The number of rotatable bonds is 8. The maximum Gasteiger partial charge on any atom is 0.267 e. The van der Waals surface area contributed by atoms with Crippen LogP contribution in [0, 0.1) is 0 Å². The number of anilines is 2. The fraction of sp³-hybridized carbons (Fsp3) is 0.0909. The van der Waals surface area contributed by atoms with E-state index in [2.05, 4.69) is 20.1 Å². The van der Waals surface area contributed by atoms with E-state index in [1.165, 1.54) is 36.5 Å². The van der Waals surface area contributed by atoms with Gasteiger partial charge >= 0.3 is 0 Å². The van der Waals surface area contributed by atoms with Gasteiger partial charge in [-0.05, 0) is 42.5 Å². The van der Waals surface area contributed by atoms with Crippen LogP contribution in [0.2, 0.25) is 0 Å². The molecule has 2 aromatic carbocycles. The molecule has 0 aliphatic heterocycles. The predicted molar refractivity (Wildman–Crippen MR) is 128 cm³/mol. The SMILES string of the molecule is COc1cccc(-c2ccc(=O)n(CC(=O)Nc3ccc(S(=O)(=O)Nc4nccs4)cc3)n2)c1. The van der Waals surface area contributed by atoms with E-state index in [0.717, 1.165) is 21.6 Å². The van der Waals surface area contributed by atoms with Crippen LogP contribution in [-0.4, -0.2) is 36.2 Å². The monoisotopic (exact) mass is 497 g/mol. The fourth-order valence-electron chi connectivity index (χ4n) is 3.00. The van der Waals surface area contributed by atoms with Gasteiger partial charge < -0.3 is 10.1 Å². The summed E-state index contributed by atoms with van der Waals surface area (Å²) in [5.74, 6) is 0.149. The molecule has 4 rings (SSSR count). The van der Waals surface area contributed by atoms with Crippen LogP contribution in [0.3, 0.4) is 0 Å². The van der Waals surface area contributed by atoms with Crippen LogP contribution in [0.4, 0.5) is 10.8 Å². The number of carbonyl (C=O) groups excluding carboxylic acids is 1. The minimum absolute atomic E-state index is 0.0181. The van der Waals surface area contributed by atoms with Crippen molar-refractivity contribution in [2.75, 3.05) is 17.1 Å². The molecular formula is C22H19N5O5S2. The number of benzene rings is 2. The van der Waals surface area contributed by atoms with Crippen LogP contribution in [0.15, 0.2) is 81.9 Å². The average Bonchev–Trinajstić information content (AvgIpc) is 3.33. The van der Waals surface area contributed by atoms with Gasteiger partial charge in [0, 0.05) is 28.9 Å². The number of nitrogens with one attached hydrogen (secondary N) is 2. The summed E-state index contributed by atoms with van der Waals surface area (Å²) in [6, 6.07) is 15.7. The largest absolute Gasteiger partial charge is 0.497 e. The lowest BCUT2D eigenvalue weighted by Gasteiger charge is -2.10. The summed E-state index contributed by atoms with van der Waals surface area (Å²) in [6.45, 7) is -0.317. The van der Waals surface area contributed by atoms with Crippen molar-refractivity contribution in [3.63, 3.8) is 0 Å². The topological polar surface area (TPSA) is 132 Å². The maximum atomic E-state index is 12.5. The Bertz CT molecular complexity index is 1470. The van der Waals surface area contributed by atoms with Crippen molar-refractivity contribution in [3.05, 3.63) is 82.6 Å². The minimum Gasteiger partial charge on any atom is -0.497 e. The Labute approximate surface area is 198 Å². The van der Waals surface area contributed by atoms with Crippen LogP contribution < -0.4 is 20.3 Å². The summed E-state index contributed by atoms with van der Waals surface area (Å²) >= 11 is 1.16. The number of amides is 1. The second kappa shape index (κ2) is 9.85. The Kier molecular flexibility index (Phi) is 6.70. The highest BCUT2D eigenvalue weighted by molar-refractivity contribution is 7.93. The molecule has 0 saturated carbocycles. The van der Waals surface area contributed by atoms with Crippen molar-refractivity contribution in [1.82, 2.24) is 14.8 Å². The van der Waals surface area contributed by atoms with Gasteiger partial charge in [-0.15, -0.1) is 11.3 Å². The number of aromatic nitrogens is 3. The first kappa shape index (κ1) is 23.1. The number of hydrogen-bond acceptors (Lipinski definition) is 8. The van der Waals surface area contributed by atoms with Gasteiger partial charge in [0.1, 0.15) is 12.3 Å². The van der Waals surface area contributed by atoms with Crippen LogP contribution >= 0.6 is 11.3 Å². The van der Waals surface area contributed by atoms with Gasteiger partial charge in [-0.25, -0.2) is 18.1 Å². The minimum atomic E-state index is -3.80. The molecule has 0 saturated heterocycles. The predicted octanol–water partition coefficient (Wildman–Crippen LogP) is 2.81. The van der Waals surface area contributed by atoms with Crippen LogP contribution in [0.5, 0.6) is 5.75 Å². The number of ether oxygens (including phenoxy) is 1. The van der Waals surface area contributed by atoms with E-state index >= 15 is 0 Å². The van der Waals surface area contributed by atoms with E-state index < -0.39 is 21.5 Å². The van der Waals surface area contributed by atoms with Crippen molar-refractivity contribution < 1.29 is 17.9 Å². The van der Waals surface area contributed by atoms with E-state index in [9.17, 15) is 18.0 Å². The van der Waals surface area contributed by atoms with Crippen molar-refractivity contribution in [2.45, 2.75) is 11.4 Å². The highest BCUT2D eigenvalue weighted by Crippen LogP contribution is 2.21. The van der Waals surface area contributed by atoms with Gasteiger partial charge in [-0.3, -0.25) is 14.3 Å². The van der Waals surface area contributed by atoms with E-state index in [0.29, 0.717) is 17.1 Å². The number of nitrogens with zero attached hydrogens (tertiary/aromatic N) is 3. The average molecular weight is 498 g/mol. The summed E-state index contributed by atoms with van der Waals surface area (Å²) in [7, 11) is -2.25. The molecule has 1 amide bonds. The van der Waals surface area contributed by atoms with E-state index in [1.807, 2.05) is 6.07 Å². The number of thiazole rings is 1. The third-order valence-electron chi connectivity index (χ3n) is 4.63. The van der Waals surface area contributed by atoms with Gasteiger partial charge in [0.2, 0.25) is 5.91 Å². The number of methoxy groups -OCH3 is 1. The summed E-state index contributed by atoms with van der Waals surface area (Å²) in [4.78, 5) is 28.6. The van der Waals surface area contributed by atoms with Crippen molar-refractivity contribution in [1.29, 1.82) is 0 Å².